The second kappa shape index (κ2) is 8.01. The summed E-state index contributed by atoms with van der Waals surface area (Å²) in [6.45, 7) is 2.08. The second-order valence-electron chi connectivity index (χ2n) is 7.06. The first-order chi connectivity index (χ1) is 13.6. The van der Waals surface area contributed by atoms with Crippen LogP contribution in [0, 0.1) is 11.7 Å². The van der Waals surface area contributed by atoms with Crippen LogP contribution in [-0.4, -0.2) is 69.3 Å². The van der Waals surface area contributed by atoms with Gasteiger partial charge in [0.2, 0.25) is 17.6 Å². The van der Waals surface area contributed by atoms with Gasteiger partial charge in [0.05, 0.1) is 31.7 Å². The van der Waals surface area contributed by atoms with Gasteiger partial charge < -0.3 is 15.0 Å². The van der Waals surface area contributed by atoms with Crippen molar-refractivity contribution in [2.75, 3.05) is 26.3 Å². The van der Waals surface area contributed by atoms with Gasteiger partial charge in [-0.3, -0.25) is 9.59 Å². The number of rotatable bonds is 5. The summed E-state index contributed by atoms with van der Waals surface area (Å²) >= 11 is 0. The molecule has 0 unspecified atom stereocenters. The number of nitrogens with zero attached hydrogens (tertiary/aromatic N) is 5. The predicted molar refractivity (Wildman–Crippen MR) is 95.3 cm³/mol. The average Bonchev–Trinajstić information content (AvgIpc) is 2.98. The fourth-order valence-corrected chi connectivity index (χ4v) is 3.42. The maximum Gasteiger partial charge on any atom is 0.227 e. The van der Waals surface area contributed by atoms with Crippen LogP contribution in [0.5, 0.6) is 0 Å². The average molecular weight is 388 g/mol. The van der Waals surface area contributed by atoms with Crippen LogP contribution in [0.4, 0.5) is 4.39 Å². The minimum atomic E-state index is -0.323. The Morgan fingerprint density at radius 2 is 2.07 bits per heavy atom. The molecule has 148 valence electrons. The summed E-state index contributed by atoms with van der Waals surface area (Å²) in [6.07, 6.45) is 0.893. The predicted octanol–water partition coefficient (Wildman–Crippen LogP) is 0.233. The summed E-state index contributed by atoms with van der Waals surface area (Å²) in [7, 11) is 0. The fraction of sp³-hybridized carbons (Fsp3) is 0.500. The summed E-state index contributed by atoms with van der Waals surface area (Å²) in [5.41, 5.74) is 0.680. The number of carbonyl (C=O) groups is 2. The molecule has 0 spiro atoms. The van der Waals surface area contributed by atoms with Crippen molar-refractivity contribution in [3.8, 4) is 11.4 Å². The number of amides is 2. The number of nitrogens with one attached hydrogen (secondary N) is 1. The molecule has 2 fully saturated rings. The Hall–Kier alpha value is -2.88. The van der Waals surface area contributed by atoms with Crippen LogP contribution in [0.15, 0.2) is 24.3 Å². The number of halogens is 1. The molecule has 2 aliphatic rings. The molecule has 2 bridgehead atoms. The fourth-order valence-electron chi connectivity index (χ4n) is 3.42. The van der Waals surface area contributed by atoms with E-state index in [1.54, 1.807) is 17.0 Å². The van der Waals surface area contributed by atoms with Crippen molar-refractivity contribution in [3.05, 3.63) is 30.1 Å². The van der Waals surface area contributed by atoms with E-state index < -0.39 is 0 Å². The summed E-state index contributed by atoms with van der Waals surface area (Å²) in [6, 6.07) is 5.72. The van der Waals surface area contributed by atoms with Crippen molar-refractivity contribution in [1.29, 1.82) is 0 Å². The van der Waals surface area contributed by atoms with Gasteiger partial charge in [0.15, 0.2) is 0 Å². The molecule has 28 heavy (non-hydrogen) atoms. The number of aryl methyl sites for hydroxylation is 1. The van der Waals surface area contributed by atoms with E-state index >= 15 is 0 Å². The number of aromatic nitrogens is 4. The zero-order valence-electron chi connectivity index (χ0n) is 15.3. The summed E-state index contributed by atoms with van der Waals surface area (Å²) in [5.74, 6) is -0.260. The van der Waals surface area contributed by atoms with E-state index in [-0.39, 0.29) is 29.6 Å². The van der Waals surface area contributed by atoms with Crippen molar-refractivity contribution in [2.24, 2.45) is 5.92 Å². The number of fused-ring (bicyclic) bond motifs is 3. The van der Waals surface area contributed by atoms with Gasteiger partial charge in [-0.15, -0.1) is 10.2 Å². The van der Waals surface area contributed by atoms with E-state index in [4.69, 9.17) is 4.74 Å². The number of hydrogen-bond acceptors (Lipinski definition) is 6. The molecule has 3 heterocycles. The molecule has 4 rings (SSSR count). The molecule has 1 aromatic carbocycles. The quantitative estimate of drug-likeness (QED) is 0.787. The van der Waals surface area contributed by atoms with Gasteiger partial charge in [-0.25, -0.2) is 4.39 Å². The van der Waals surface area contributed by atoms with Crippen LogP contribution in [0.25, 0.3) is 11.4 Å². The van der Waals surface area contributed by atoms with E-state index in [1.165, 1.54) is 16.9 Å². The molecule has 0 radical (unpaired) electrons. The van der Waals surface area contributed by atoms with Gasteiger partial charge in [-0.05, 0) is 35.9 Å². The summed E-state index contributed by atoms with van der Waals surface area (Å²) < 4.78 is 18.5. The SMILES string of the molecule is O=C1N[C@@H]2COC[C@H]1CN(C(=O)CCCn1nnc(-c3ccc(F)cc3)n1)C2. The van der Waals surface area contributed by atoms with Gasteiger partial charge in [0.1, 0.15) is 5.82 Å². The minimum absolute atomic E-state index is 0.00673. The molecule has 2 aliphatic heterocycles. The molecule has 10 heteroatoms. The van der Waals surface area contributed by atoms with Gasteiger partial charge >= 0.3 is 0 Å². The van der Waals surface area contributed by atoms with Gasteiger partial charge in [0, 0.05) is 25.1 Å². The minimum Gasteiger partial charge on any atom is -0.378 e. The second-order valence-corrected chi connectivity index (χ2v) is 7.06. The van der Waals surface area contributed by atoms with Crippen molar-refractivity contribution < 1.29 is 18.7 Å². The Morgan fingerprint density at radius 1 is 1.25 bits per heavy atom. The van der Waals surface area contributed by atoms with E-state index in [0.717, 1.165) is 0 Å². The van der Waals surface area contributed by atoms with Crippen LogP contribution in [-0.2, 0) is 20.9 Å². The molecule has 9 nitrogen and oxygen atoms in total. The Labute approximate surface area is 160 Å². The third-order valence-corrected chi connectivity index (χ3v) is 4.89. The number of hydrogen-bond donors (Lipinski definition) is 1. The zero-order valence-corrected chi connectivity index (χ0v) is 15.3. The molecule has 2 amide bonds. The third kappa shape index (κ3) is 4.16. The van der Waals surface area contributed by atoms with E-state index in [1.807, 2.05) is 0 Å². The first-order valence-electron chi connectivity index (χ1n) is 9.28. The number of carbonyl (C=O) groups excluding carboxylic acids is 2. The lowest BCUT2D eigenvalue weighted by Gasteiger charge is -2.27. The Balaban J connectivity index is 1.30. The van der Waals surface area contributed by atoms with Crippen molar-refractivity contribution in [2.45, 2.75) is 25.4 Å². The van der Waals surface area contributed by atoms with Gasteiger partial charge in [0.25, 0.3) is 0 Å². The molecule has 2 atom stereocenters. The van der Waals surface area contributed by atoms with Crippen LogP contribution in [0.1, 0.15) is 12.8 Å². The van der Waals surface area contributed by atoms with E-state index in [0.29, 0.717) is 57.1 Å². The van der Waals surface area contributed by atoms with Gasteiger partial charge in [-0.1, -0.05) is 0 Å². The van der Waals surface area contributed by atoms with Crippen LogP contribution in [0.2, 0.25) is 0 Å². The van der Waals surface area contributed by atoms with Crippen molar-refractivity contribution >= 4 is 11.8 Å². The zero-order chi connectivity index (χ0) is 19.5. The van der Waals surface area contributed by atoms with Crippen LogP contribution in [0.3, 0.4) is 0 Å². The first-order valence-corrected chi connectivity index (χ1v) is 9.28. The van der Waals surface area contributed by atoms with Crippen molar-refractivity contribution in [1.82, 2.24) is 30.4 Å². The number of benzene rings is 1. The Morgan fingerprint density at radius 3 is 2.89 bits per heavy atom. The highest BCUT2D eigenvalue weighted by Crippen LogP contribution is 2.16. The van der Waals surface area contributed by atoms with Gasteiger partial charge in [-0.2, -0.15) is 4.80 Å². The third-order valence-electron chi connectivity index (χ3n) is 4.89. The molecule has 2 saturated heterocycles. The first kappa shape index (κ1) is 18.5. The number of ether oxygens (including phenoxy) is 1. The van der Waals surface area contributed by atoms with E-state index in [9.17, 15) is 14.0 Å². The highest BCUT2D eigenvalue weighted by molar-refractivity contribution is 5.82. The smallest absolute Gasteiger partial charge is 0.227 e. The highest BCUT2D eigenvalue weighted by Gasteiger charge is 2.34. The molecular formula is C18H21FN6O3. The Kier molecular flexibility index (Phi) is 5.29. The lowest BCUT2D eigenvalue weighted by Crippen LogP contribution is -2.44. The normalized spacial score (nSPS) is 21.9. The van der Waals surface area contributed by atoms with Crippen molar-refractivity contribution in [3.63, 3.8) is 0 Å². The monoisotopic (exact) mass is 388 g/mol. The highest BCUT2D eigenvalue weighted by atomic mass is 19.1. The molecule has 0 aliphatic carbocycles. The number of tetrazole rings is 1. The molecule has 1 N–H and O–H groups in total. The summed E-state index contributed by atoms with van der Waals surface area (Å²) in [4.78, 5) is 27.8. The topological polar surface area (TPSA) is 102 Å². The van der Waals surface area contributed by atoms with E-state index in [2.05, 4.69) is 20.7 Å². The van der Waals surface area contributed by atoms with Crippen LogP contribution >= 0.6 is 0 Å². The standard InChI is InChI=1S/C18H21FN6O3/c19-14-5-3-12(4-6-14)17-21-23-25(22-17)7-1-2-16(26)24-8-13-10-28-11-15(9-24)20-18(13)27/h3-6,13,15H,1-2,7-11H2,(H,20,27)/t13-,15+/m1/s1. The largest absolute Gasteiger partial charge is 0.378 e. The Bertz CT molecular complexity index is 855. The lowest BCUT2D eigenvalue weighted by molar-refractivity contribution is -0.133. The molecule has 0 saturated carbocycles. The summed E-state index contributed by atoms with van der Waals surface area (Å²) in [5, 5.41) is 15.1. The molecule has 1 aromatic heterocycles. The maximum atomic E-state index is 13.0. The maximum absolute atomic E-state index is 13.0. The molecule has 2 aromatic rings. The molecular weight excluding hydrogens is 367 g/mol. The van der Waals surface area contributed by atoms with Crippen LogP contribution < -0.4 is 5.32 Å². The lowest BCUT2D eigenvalue weighted by atomic mass is 10.1.